The van der Waals surface area contributed by atoms with Gasteiger partial charge in [-0.2, -0.15) is 0 Å². The molecule has 110 valence electrons. The predicted molar refractivity (Wildman–Crippen MR) is 80.9 cm³/mol. The largest absolute Gasteiger partial charge is 0.497 e. The first-order chi connectivity index (χ1) is 9.55. The van der Waals surface area contributed by atoms with Gasteiger partial charge in [-0.25, -0.2) is 0 Å². The number of hydrogen-bond acceptors (Lipinski definition) is 3. The lowest BCUT2D eigenvalue weighted by molar-refractivity contribution is 0.0771. The van der Waals surface area contributed by atoms with E-state index in [-0.39, 0.29) is 11.3 Å². The molecule has 1 aromatic rings. The van der Waals surface area contributed by atoms with Crippen LogP contribution in [0.5, 0.6) is 5.75 Å². The van der Waals surface area contributed by atoms with Crippen molar-refractivity contribution in [1.29, 1.82) is 0 Å². The van der Waals surface area contributed by atoms with Crippen molar-refractivity contribution >= 4 is 11.6 Å². The van der Waals surface area contributed by atoms with E-state index in [9.17, 15) is 4.79 Å². The van der Waals surface area contributed by atoms with E-state index in [4.69, 9.17) is 10.5 Å². The summed E-state index contributed by atoms with van der Waals surface area (Å²) in [6.45, 7) is 6.08. The molecule has 20 heavy (non-hydrogen) atoms. The van der Waals surface area contributed by atoms with Gasteiger partial charge in [0.25, 0.3) is 5.91 Å². The number of hydrogen-bond donors (Lipinski definition) is 1. The second-order valence-corrected chi connectivity index (χ2v) is 5.64. The summed E-state index contributed by atoms with van der Waals surface area (Å²) in [4.78, 5) is 14.5. The van der Waals surface area contributed by atoms with Gasteiger partial charge in [0.1, 0.15) is 5.75 Å². The fourth-order valence-corrected chi connectivity index (χ4v) is 2.97. The zero-order valence-electron chi connectivity index (χ0n) is 12.6. The first kappa shape index (κ1) is 14.7. The summed E-state index contributed by atoms with van der Waals surface area (Å²) in [5.41, 5.74) is 7.32. The van der Waals surface area contributed by atoms with Gasteiger partial charge in [-0.3, -0.25) is 4.79 Å². The molecule has 2 rings (SSSR count). The maximum Gasteiger partial charge on any atom is 0.255 e. The van der Waals surface area contributed by atoms with Gasteiger partial charge in [-0.15, -0.1) is 0 Å². The van der Waals surface area contributed by atoms with Crippen molar-refractivity contribution < 1.29 is 9.53 Å². The number of rotatable bonds is 4. The van der Waals surface area contributed by atoms with Crippen LogP contribution in [0.15, 0.2) is 18.2 Å². The highest BCUT2D eigenvalue weighted by atomic mass is 16.5. The monoisotopic (exact) mass is 276 g/mol. The molecule has 1 heterocycles. The first-order valence-electron chi connectivity index (χ1n) is 7.28. The van der Waals surface area contributed by atoms with E-state index in [1.165, 1.54) is 0 Å². The number of anilines is 1. The van der Waals surface area contributed by atoms with Crippen LogP contribution in [0.2, 0.25) is 0 Å². The summed E-state index contributed by atoms with van der Waals surface area (Å²) in [5.74, 6) is 0.714. The molecule has 1 aromatic carbocycles. The number of ether oxygens (including phenoxy) is 1. The molecule has 4 heteroatoms. The zero-order chi connectivity index (χ0) is 14.8. The van der Waals surface area contributed by atoms with Gasteiger partial charge in [0.2, 0.25) is 0 Å². The van der Waals surface area contributed by atoms with Gasteiger partial charge in [-0.05, 0) is 36.8 Å². The molecule has 1 aliphatic heterocycles. The third-order valence-electron chi connectivity index (χ3n) is 4.71. The molecule has 0 radical (unpaired) electrons. The molecule has 0 aliphatic carbocycles. The van der Waals surface area contributed by atoms with Gasteiger partial charge < -0.3 is 15.4 Å². The summed E-state index contributed by atoms with van der Waals surface area (Å²) in [5, 5.41) is 0. The van der Waals surface area contributed by atoms with Crippen molar-refractivity contribution in [3.05, 3.63) is 23.8 Å². The lowest BCUT2D eigenvalue weighted by Crippen LogP contribution is -2.32. The minimum Gasteiger partial charge on any atom is -0.497 e. The molecule has 1 fully saturated rings. The predicted octanol–water partition coefficient (Wildman–Crippen LogP) is 2.93. The van der Waals surface area contributed by atoms with Crippen LogP contribution in [0, 0.1) is 5.41 Å². The van der Waals surface area contributed by atoms with Crippen LogP contribution in [0.3, 0.4) is 0 Å². The Bertz CT molecular complexity index is 495. The van der Waals surface area contributed by atoms with Gasteiger partial charge >= 0.3 is 0 Å². The summed E-state index contributed by atoms with van der Waals surface area (Å²) in [7, 11) is 1.59. The third-order valence-corrected chi connectivity index (χ3v) is 4.71. The number of methoxy groups -OCH3 is 1. The second kappa shape index (κ2) is 5.73. The van der Waals surface area contributed by atoms with E-state index < -0.39 is 0 Å². The zero-order valence-corrected chi connectivity index (χ0v) is 12.6. The summed E-state index contributed by atoms with van der Waals surface area (Å²) < 4.78 is 5.12. The van der Waals surface area contributed by atoms with E-state index in [2.05, 4.69) is 13.8 Å². The minimum atomic E-state index is 0.0360. The normalized spacial score (nSPS) is 17.2. The number of amides is 1. The molecule has 0 saturated carbocycles. The van der Waals surface area contributed by atoms with E-state index in [0.29, 0.717) is 17.0 Å². The summed E-state index contributed by atoms with van der Waals surface area (Å²) in [6, 6.07) is 5.25. The van der Waals surface area contributed by atoms with Crippen LogP contribution in [-0.4, -0.2) is 31.0 Å². The Labute approximate surface area is 120 Å². The number of nitrogens with zero attached hydrogens (tertiary/aromatic N) is 1. The number of likely N-dealkylation sites (tertiary alicyclic amines) is 1. The topological polar surface area (TPSA) is 55.6 Å². The Morgan fingerprint density at radius 1 is 1.40 bits per heavy atom. The third kappa shape index (κ3) is 2.60. The van der Waals surface area contributed by atoms with Crippen molar-refractivity contribution in [2.75, 3.05) is 25.9 Å². The maximum absolute atomic E-state index is 12.6. The number of carbonyl (C=O) groups excluding carboxylic acids is 1. The number of carbonyl (C=O) groups is 1. The molecule has 0 spiro atoms. The van der Waals surface area contributed by atoms with Crippen molar-refractivity contribution in [3.63, 3.8) is 0 Å². The average molecular weight is 276 g/mol. The number of benzene rings is 1. The van der Waals surface area contributed by atoms with Gasteiger partial charge in [0, 0.05) is 24.8 Å². The first-order valence-corrected chi connectivity index (χ1v) is 7.28. The fourth-order valence-electron chi connectivity index (χ4n) is 2.97. The van der Waals surface area contributed by atoms with Crippen LogP contribution in [0.4, 0.5) is 5.69 Å². The van der Waals surface area contributed by atoms with Crippen LogP contribution in [0.1, 0.15) is 43.5 Å². The lowest BCUT2D eigenvalue weighted by atomic mass is 9.82. The molecule has 1 saturated heterocycles. The smallest absolute Gasteiger partial charge is 0.255 e. The van der Waals surface area contributed by atoms with E-state index in [0.717, 1.165) is 32.4 Å². The summed E-state index contributed by atoms with van der Waals surface area (Å²) in [6.07, 6.45) is 3.32. The molecule has 0 atom stereocenters. The molecule has 4 nitrogen and oxygen atoms in total. The van der Waals surface area contributed by atoms with E-state index in [1.807, 2.05) is 4.90 Å². The Morgan fingerprint density at radius 3 is 2.60 bits per heavy atom. The Kier molecular flexibility index (Phi) is 4.21. The number of nitrogen functional groups attached to an aromatic ring is 1. The molecular formula is C16H24N2O2. The highest BCUT2D eigenvalue weighted by Gasteiger charge is 2.37. The molecule has 2 N–H and O–H groups in total. The quantitative estimate of drug-likeness (QED) is 0.860. The minimum absolute atomic E-state index is 0.0360. The number of nitrogens with two attached hydrogens (primary N) is 1. The molecule has 0 bridgehead atoms. The van der Waals surface area contributed by atoms with Crippen LogP contribution in [0.25, 0.3) is 0 Å². The van der Waals surface area contributed by atoms with Crippen molar-refractivity contribution in [2.45, 2.75) is 33.1 Å². The van der Waals surface area contributed by atoms with Crippen LogP contribution in [-0.2, 0) is 0 Å². The Balaban J connectivity index is 2.17. The fraction of sp³-hybridized carbons (Fsp3) is 0.562. The Hall–Kier alpha value is -1.71. The molecular weight excluding hydrogens is 252 g/mol. The van der Waals surface area contributed by atoms with Crippen molar-refractivity contribution in [1.82, 2.24) is 4.90 Å². The molecule has 1 amide bonds. The molecule has 0 unspecified atom stereocenters. The van der Waals surface area contributed by atoms with Crippen molar-refractivity contribution in [2.24, 2.45) is 5.41 Å². The Morgan fingerprint density at radius 2 is 2.10 bits per heavy atom. The van der Waals surface area contributed by atoms with Gasteiger partial charge in [0.15, 0.2) is 0 Å². The molecule has 1 aliphatic rings. The van der Waals surface area contributed by atoms with E-state index in [1.54, 1.807) is 25.3 Å². The average Bonchev–Trinajstić information content (AvgIpc) is 2.91. The maximum atomic E-state index is 12.6. The second-order valence-electron chi connectivity index (χ2n) is 5.64. The summed E-state index contributed by atoms with van der Waals surface area (Å²) >= 11 is 0. The van der Waals surface area contributed by atoms with Gasteiger partial charge in [-0.1, -0.05) is 13.8 Å². The highest BCUT2D eigenvalue weighted by Crippen LogP contribution is 2.37. The van der Waals surface area contributed by atoms with Crippen LogP contribution >= 0.6 is 0 Å². The highest BCUT2D eigenvalue weighted by molar-refractivity contribution is 5.99. The molecule has 0 aromatic heterocycles. The standard InChI is InChI=1S/C16H24N2O2/c1-4-16(5-2)8-9-18(11-16)15(19)13-7-6-12(20-3)10-14(13)17/h6-7,10H,4-5,8-9,11,17H2,1-3H3. The lowest BCUT2D eigenvalue weighted by Gasteiger charge is -2.26. The van der Waals surface area contributed by atoms with Gasteiger partial charge in [0.05, 0.1) is 12.7 Å². The van der Waals surface area contributed by atoms with E-state index >= 15 is 0 Å². The van der Waals surface area contributed by atoms with Crippen molar-refractivity contribution in [3.8, 4) is 5.75 Å². The SMILES string of the molecule is CCC1(CC)CCN(C(=O)c2ccc(OC)cc2N)C1. The van der Waals surface area contributed by atoms with Crippen LogP contribution < -0.4 is 10.5 Å².